The van der Waals surface area contributed by atoms with Gasteiger partial charge in [0.2, 0.25) is 0 Å². The zero-order chi connectivity index (χ0) is 20.7. The summed E-state index contributed by atoms with van der Waals surface area (Å²) in [6.07, 6.45) is -8.53. The number of ether oxygens (including phenoxy) is 1. The second kappa shape index (κ2) is 9.63. The Morgan fingerprint density at radius 2 is 1.26 bits per heavy atom. The minimum Gasteiger partial charge on any atom is -0.508 e. The van der Waals surface area contributed by atoms with E-state index in [2.05, 4.69) is 15.9 Å². The third-order valence-electron chi connectivity index (χ3n) is 2.91. The highest BCUT2D eigenvalue weighted by molar-refractivity contribution is 9.09. The van der Waals surface area contributed by atoms with E-state index in [1.165, 1.54) is 0 Å². The average Bonchev–Trinajstić information content (AvgIpc) is 2.55. The molecule has 0 bridgehead atoms. The first-order valence-electron chi connectivity index (χ1n) is 7.23. The first kappa shape index (κ1) is 22.8. The Kier molecular flexibility index (Phi) is 8.14. The summed E-state index contributed by atoms with van der Waals surface area (Å²) in [6.45, 7) is 0. The molecule has 1 N–H and O–H groups in total. The highest BCUT2D eigenvalue weighted by atomic mass is 79.9. The standard InChI is InChI=1S/C10H8BrF3O2.C7H5F3O/c11-6-5-9(15)16-8-3-1-7(2-4-8)10(12,13)14;8-7(9,10)5-1-3-6(11)4-2-5/h1-4H,5-6H2;1-4,11H. The molecule has 2 aromatic carbocycles. The molecule has 148 valence electrons. The number of carbonyl (C=O) groups excluding carboxylic acids is 1. The van der Waals surface area contributed by atoms with Gasteiger partial charge in [0.25, 0.3) is 0 Å². The van der Waals surface area contributed by atoms with Crippen LogP contribution in [0.1, 0.15) is 17.5 Å². The molecule has 2 aromatic rings. The lowest BCUT2D eigenvalue weighted by Crippen LogP contribution is -2.09. The van der Waals surface area contributed by atoms with Crippen molar-refractivity contribution in [1.82, 2.24) is 0 Å². The largest absolute Gasteiger partial charge is 0.508 e. The molecule has 27 heavy (non-hydrogen) atoms. The molecule has 2 rings (SSSR count). The summed E-state index contributed by atoms with van der Waals surface area (Å²) in [5.41, 5.74) is -1.52. The zero-order valence-corrected chi connectivity index (χ0v) is 15.0. The second-order valence-corrected chi connectivity index (χ2v) is 5.77. The molecule has 0 amide bonds. The predicted molar refractivity (Wildman–Crippen MR) is 88.6 cm³/mol. The smallest absolute Gasteiger partial charge is 0.416 e. The van der Waals surface area contributed by atoms with Crippen LogP contribution in [0.4, 0.5) is 26.3 Å². The van der Waals surface area contributed by atoms with Gasteiger partial charge in [-0.25, -0.2) is 0 Å². The first-order valence-corrected chi connectivity index (χ1v) is 8.35. The van der Waals surface area contributed by atoms with Crippen molar-refractivity contribution in [1.29, 1.82) is 0 Å². The van der Waals surface area contributed by atoms with Crippen LogP contribution in [0.2, 0.25) is 0 Å². The van der Waals surface area contributed by atoms with E-state index in [1.54, 1.807) is 0 Å². The van der Waals surface area contributed by atoms with Crippen molar-refractivity contribution in [3.8, 4) is 11.5 Å². The molecule has 0 saturated carbocycles. The number of alkyl halides is 7. The Morgan fingerprint density at radius 3 is 1.63 bits per heavy atom. The van der Waals surface area contributed by atoms with Gasteiger partial charge in [0, 0.05) is 5.33 Å². The number of hydrogen-bond donors (Lipinski definition) is 1. The fourth-order valence-electron chi connectivity index (χ4n) is 1.62. The molecule has 10 heteroatoms. The Hall–Kier alpha value is -2.23. The predicted octanol–water partition coefficient (Wildman–Crippen LogP) is 5.81. The number of hydrogen-bond acceptors (Lipinski definition) is 3. The Bertz CT molecular complexity index is 724. The number of rotatable bonds is 3. The molecule has 0 aliphatic carbocycles. The van der Waals surface area contributed by atoms with Gasteiger partial charge < -0.3 is 9.84 Å². The molecule has 0 saturated heterocycles. The van der Waals surface area contributed by atoms with Crippen LogP contribution in [0.15, 0.2) is 48.5 Å². The minimum absolute atomic E-state index is 0.110. The van der Waals surface area contributed by atoms with Crippen molar-refractivity contribution in [3.05, 3.63) is 59.7 Å². The van der Waals surface area contributed by atoms with Crippen LogP contribution in [0, 0.1) is 0 Å². The Balaban J connectivity index is 0.000000289. The highest BCUT2D eigenvalue weighted by Gasteiger charge is 2.30. The molecule has 0 aliphatic heterocycles. The van der Waals surface area contributed by atoms with Gasteiger partial charge in [-0.2, -0.15) is 26.3 Å². The van der Waals surface area contributed by atoms with Crippen molar-refractivity contribution in [2.24, 2.45) is 0 Å². The van der Waals surface area contributed by atoms with Crippen LogP contribution < -0.4 is 4.74 Å². The maximum atomic E-state index is 12.2. The van der Waals surface area contributed by atoms with Crippen molar-refractivity contribution in [2.45, 2.75) is 18.8 Å². The highest BCUT2D eigenvalue weighted by Crippen LogP contribution is 2.30. The van der Waals surface area contributed by atoms with Crippen LogP contribution in [-0.4, -0.2) is 16.4 Å². The number of halogens is 7. The number of phenolic OH excluding ortho intramolecular Hbond substituents is 1. The quantitative estimate of drug-likeness (QED) is 0.273. The summed E-state index contributed by atoms with van der Waals surface area (Å²) in [6, 6.07) is 7.65. The van der Waals surface area contributed by atoms with Gasteiger partial charge in [-0.3, -0.25) is 4.79 Å². The van der Waals surface area contributed by atoms with E-state index in [4.69, 9.17) is 9.84 Å². The monoisotopic (exact) mass is 458 g/mol. The fourth-order valence-corrected chi connectivity index (χ4v) is 1.95. The topological polar surface area (TPSA) is 46.5 Å². The maximum absolute atomic E-state index is 12.2. The minimum atomic E-state index is -4.38. The van der Waals surface area contributed by atoms with Crippen LogP contribution in [0.5, 0.6) is 11.5 Å². The number of aromatic hydroxyl groups is 1. The summed E-state index contributed by atoms with van der Waals surface area (Å²) < 4.78 is 76.9. The van der Waals surface area contributed by atoms with Crippen molar-refractivity contribution >= 4 is 21.9 Å². The molecule has 0 fully saturated rings. The van der Waals surface area contributed by atoms with E-state index in [0.717, 1.165) is 48.5 Å². The molecular formula is C17H13BrF6O3. The van der Waals surface area contributed by atoms with Crippen LogP contribution in [0.3, 0.4) is 0 Å². The van der Waals surface area contributed by atoms with Gasteiger partial charge in [0.05, 0.1) is 17.5 Å². The summed E-state index contributed by atoms with van der Waals surface area (Å²) in [5.74, 6) is -0.548. The first-order chi connectivity index (χ1) is 12.4. The van der Waals surface area contributed by atoms with Gasteiger partial charge in [-0.1, -0.05) is 15.9 Å². The number of esters is 1. The normalized spacial score (nSPS) is 11.4. The Morgan fingerprint density at radius 1 is 0.852 bits per heavy atom. The summed E-state index contributed by atoms with van der Waals surface area (Å²) >= 11 is 3.05. The number of benzene rings is 2. The Labute approximate surface area is 158 Å². The number of carbonyl (C=O) groups is 1. The molecule has 0 aliphatic rings. The van der Waals surface area contributed by atoms with Gasteiger partial charge >= 0.3 is 18.3 Å². The lowest BCUT2D eigenvalue weighted by atomic mass is 10.2. The summed E-state index contributed by atoms with van der Waals surface area (Å²) in [7, 11) is 0. The van der Waals surface area contributed by atoms with Gasteiger partial charge in [-0.05, 0) is 48.5 Å². The molecule has 0 unspecified atom stereocenters. The third kappa shape index (κ3) is 8.33. The van der Waals surface area contributed by atoms with Crippen molar-refractivity contribution in [2.75, 3.05) is 5.33 Å². The van der Waals surface area contributed by atoms with Gasteiger partial charge in [0.15, 0.2) is 0 Å². The molecule has 0 radical (unpaired) electrons. The van der Waals surface area contributed by atoms with E-state index in [-0.39, 0.29) is 17.9 Å². The van der Waals surface area contributed by atoms with Crippen LogP contribution >= 0.6 is 15.9 Å². The lowest BCUT2D eigenvalue weighted by molar-refractivity contribution is -0.138. The van der Waals surface area contributed by atoms with E-state index in [1.807, 2.05) is 0 Å². The average molecular weight is 459 g/mol. The molecule has 0 aromatic heterocycles. The lowest BCUT2D eigenvalue weighted by Gasteiger charge is -2.07. The van der Waals surface area contributed by atoms with Gasteiger partial charge in [0.1, 0.15) is 11.5 Å². The maximum Gasteiger partial charge on any atom is 0.416 e. The van der Waals surface area contributed by atoms with Gasteiger partial charge in [-0.15, -0.1) is 0 Å². The fraction of sp³-hybridized carbons (Fsp3) is 0.235. The molecule has 0 atom stereocenters. The van der Waals surface area contributed by atoms with E-state index in [9.17, 15) is 31.1 Å². The third-order valence-corrected chi connectivity index (χ3v) is 3.30. The van der Waals surface area contributed by atoms with Crippen LogP contribution in [0.25, 0.3) is 0 Å². The number of phenols is 1. The molecule has 0 spiro atoms. The molecule has 3 nitrogen and oxygen atoms in total. The SMILES string of the molecule is O=C(CCBr)Oc1ccc(C(F)(F)F)cc1.Oc1ccc(C(F)(F)F)cc1. The van der Waals surface area contributed by atoms with Crippen molar-refractivity contribution < 1.29 is 41.0 Å². The van der Waals surface area contributed by atoms with Crippen LogP contribution in [-0.2, 0) is 17.1 Å². The van der Waals surface area contributed by atoms with Crippen molar-refractivity contribution in [3.63, 3.8) is 0 Å². The molecular weight excluding hydrogens is 446 g/mol. The summed E-state index contributed by atoms with van der Waals surface area (Å²) in [5, 5.41) is 9.11. The summed E-state index contributed by atoms with van der Waals surface area (Å²) in [4.78, 5) is 11.0. The van der Waals surface area contributed by atoms with E-state index in [0.29, 0.717) is 5.33 Å². The van der Waals surface area contributed by atoms with E-state index < -0.39 is 29.4 Å². The molecule has 0 heterocycles. The van der Waals surface area contributed by atoms with E-state index >= 15 is 0 Å². The second-order valence-electron chi connectivity index (χ2n) is 4.98. The zero-order valence-electron chi connectivity index (χ0n) is 13.4.